The monoisotopic (exact) mass is 535 g/mol. The lowest BCUT2D eigenvalue weighted by Crippen LogP contribution is -2.37. The molecule has 0 unspecified atom stereocenters. The highest BCUT2D eigenvalue weighted by molar-refractivity contribution is 5.77. The molecule has 9 nitrogen and oxygen atoms in total. The summed E-state index contributed by atoms with van der Waals surface area (Å²) in [4.78, 5) is 48.8. The number of ether oxygens (including phenoxy) is 4. The van der Waals surface area contributed by atoms with Crippen molar-refractivity contribution < 1.29 is 38.1 Å². The lowest BCUT2D eigenvalue weighted by atomic mass is 10.1. The fourth-order valence-electron chi connectivity index (χ4n) is 3.49. The number of esters is 4. The molecule has 9 heteroatoms. The normalized spacial score (nSPS) is 12.5. The Kier molecular flexibility index (Phi) is 16.0. The highest BCUT2D eigenvalue weighted by Gasteiger charge is 2.21. The molecular weight excluding hydrogens is 490 g/mol. The second-order valence-electron chi connectivity index (χ2n) is 9.98. The van der Waals surface area contributed by atoms with E-state index in [1.807, 2.05) is 27.7 Å². The Hall–Kier alpha value is -2.94. The van der Waals surface area contributed by atoms with E-state index in [0.717, 1.165) is 25.7 Å². The molecule has 0 aromatic heterocycles. The first-order valence-corrected chi connectivity index (χ1v) is 13.7. The first kappa shape index (κ1) is 33.1. The van der Waals surface area contributed by atoms with E-state index in [4.69, 9.17) is 24.7 Å². The Morgan fingerprint density at radius 3 is 1.95 bits per heavy atom. The van der Waals surface area contributed by atoms with Crippen LogP contribution < -0.4 is 15.2 Å². The van der Waals surface area contributed by atoms with Crippen molar-refractivity contribution in [3.63, 3.8) is 0 Å². The molecule has 1 aromatic carbocycles. The summed E-state index contributed by atoms with van der Waals surface area (Å²) in [5, 5.41) is 0. The predicted octanol–water partition coefficient (Wildman–Crippen LogP) is 5.05. The number of unbranched alkanes of at least 4 members (excludes halogenated alkanes) is 4. The van der Waals surface area contributed by atoms with Crippen molar-refractivity contribution in [3.8, 4) is 11.5 Å². The van der Waals surface area contributed by atoms with Crippen molar-refractivity contribution in [3.05, 3.63) is 23.8 Å². The molecule has 0 fully saturated rings. The summed E-state index contributed by atoms with van der Waals surface area (Å²) in [6, 6.07) is 3.75. The quantitative estimate of drug-likeness (QED) is 0.156. The van der Waals surface area contributed by atoms with E-state index in [9.17, 15) is 19.2 Å². The third-order valence-electron chi connectivity index (χ3n) is 5.55. The van der Waals surface area contributed by atoms with Crippen LogP contribution in [0.1, 0.15) is 98.0 Å². The van der Waals surface area contributed by atoms with E-state index in [0.29, 0.717) is 18.4 Å². The van der Waals surface area contributed by atoms with Crippen molar-refractivity contribution in [2.24, 2.45) is 11.7 Å². The molecule has 1 rings (SSSR count). The van der Waals surface area contributed by atoms with Crippen LogP contribution >= 0.6 is 0 Å². The average Bonchev–Trinajstić information content (AvgIpc) is 2.84. The molecule has 214 valence electrons. The summed E-state index contributed by atoms with van der Waals surface area (Å²) in [5.41, 5.74) is 6.67. The van der Waals surface area contributed by atoms with Gasteiger partial charge in [0.15, 0.2) is 11.5 Å². The van der Waals surface area contributed by atoms with E-state index >= 15 is 0 Å². The Morgan fingerprint density at radius 2 is 1.39 bits per heavy atom. The van der Waals surface area contributed by atoms with Crippen LogP contribution in [-0.4, -0.2) is 42.6 Å². The Morgan fingerprint density at radius 1 is 0.816 bits per heavy atom. The van der Waals surface area contributed by atoms with Crippen LogP contribution in [0.15, 0.2) is 18.2 Å². The van der Waals surface area contributed by atoms with Crippen molar-refractivity contribution >= 4 is 23.9 Å². The van der Waals surface area contributed by atoms with Crippen LogP contribution in [0, 0.1) is 5.92 Å². The maximum absolute atomic E-state index is 12.5. The third-order valence-corrected chi connectivity index (χ3v) is 5.55. The largest absolute Gasteiger partial charge is 0.462 e. The molecule has 0 spiro atoms. The van der Waals surface area contributed by atoms with Crippen LogP contribution in [0.25, 0.3) is 0 Å². The number of rotatable bonds is 18. The maximum atomic E-state index is 12.5. The highest BCUT2D eigenvalue weighted by atomic mass is 16.6. The zero-order valence-corrected chi connectivity index (χ0v) is 23.6. The number of nitrogens with two attached hydrogens (primary N) is 1. The van der Waals surface area contributed by atoms with Gasteiger partial charge in [-0.05, 0) is 49.8 Å². The fraction of sp³-hybridized carbons (Fsp3) is 0.655. The van der Waals surface area contributed by atoms with Gasteiger partial charge in [-0.3, -0.25) is 19.2 Å². The number of carbonyl (C=O) groups is 4. The number of hydrogen-bond donors (Lipinski definition) is 1. The summed E-state index contributed by atoms with van der Waals surface area (Å²) < 4.78 is 21.4. The summed E-state index contributed by atoms with van der Waals surface area (Å²) in [5.74, 6) is -1.41. The molecule has 0 saturated heterocycles. The standard InChI is InChI=1S/C29H45NO8/c1-6-8-10-12-26(31)37-24-15-14-22(18-25(24)38-27(32)13-11-9-7-2)17-23(30)29(34)36-21(5)19-35-28(33)16-20(3)4/h14-15,18,20-21,23H,6-13,16-17,19,30H2,1-5H3/t21-,23-/m0/s1. The van der Waals surface area contributed by atoms with Gasteiger partial charge in [-0.2, -0.15) is 0 Å². The van der Waals surface area contributed by atoms with Crippen molar-refractivity contribution in [1.29, 1.82) is 0 Å². The summed E-state index contributed by atoms with van der Waals surface area (Å²) >= 11 is 0. The maximum Gasteiger partial charge on any atom is 0.323 e. The summed E-state index contributed by atoms with van der Waals surface area (Å²) in [6.45, 7) is 9.47. The Labute approximate surface area is 226 Å². The van der Waals surface area contributed by atoms with Crippen molar-refractivity contribution in [2.75, 3.05) is 6.61 Å². The molecule has 0 aliphatic rings. The van der Waals surface area contributed by atoms with Gasteiger partial charge in [-0.15, -0.1) is 0 Å². The molecule has 1 aromatic rings. The van der Waals surface area contributed by atoms with Crippen molar-refractivity contribution in [1.82, 2.24) is 0 Å². The lowest BCUT2D eigenvalue weighted by molar-refractivity contribution is -0.159. The first-order chi connectivity index (χ1) is 18.0. The lowest BCUT2D eigenvalue weighted by Gasteiger charge is -2.18. The molecule has 38 heavy (non-hydrogen) atoms. The van der Waals surface area contributed by atoms with Crippen molar-refractivity contribution in [2.45, 2.75) is 111 Å². The van der Waals surface area contributed by atoms with Gasteiger partial charge in [0.1, 0.15) is 18.8 Å². The van der Waals surface area contributed by atoms with Crippen LogP contribution in [0.2, 0.25) is 0 Å². The Bertz CT molecular complexity index is 899. The third kappa shape index (κ3) is 14.1. The molecule has 0 radical (unpaired) electrons. The van der Waals surface area contributed by atoms with Crippen LogP contribution in [-0.2, 0) is 35.1 Å². The zero-order chi connectivity index (χ0) is 28.5. The molecular formula is C29H45NO8. The average molecular weight is 536 g/mol. The second-order valence-corrected chi connectivity index (χ2v) is 9.98. The number of hydrogen-bond acceptors (Lipinski definition) is 9. The van der Waals surface area contributed by atoms with Gasteiger partial charge in [-0.25, -0.2) is 0 Å². The number of benzene rings is 1. The molecule has 0 amide bonds. The molecule has 0 saturated carbocycles. The van der Waals surface area contributed by atoms with Gasteiger partial charge >= 0.3 is 23.9 Å². The van der Waals surface area contributed by atoms with Gasteiger partial charge in [0, 0.05) is 19.3 Å². The SMILES string of the molecule is CCCCCC(=O)Oc1ccc(C[C@H](N)C(=O)O[C@@H](C)COC(=O)CC(C)C)cc1OC(=O)CCCCC. The van der Waals surface area contributed by atoms with Gasteiger partial charge in [0.2, 0.25) is 0 Å². The molecule has 0 heterocycles. The van der Waals surface area contributed by atoms with E-state index in [1.54, 1.807) is 19.1 Å². The minimum atomic E-state index is -1.00. The predicted molar refractivity (Wildman–Crippen MR) is 144 cm³/mol. The second kappa shape index (κ2) is 18.3. The van der Waals surface area contributed by atoms with Gasteiger partial charge in [0.25, 0.3) is 0 Å². The van der Waals surface area contributed by atoms with Gasteiger partial charge < -0.3 is 24.7 Å². The zero-order valence-electron chi connectivity index (χ0n) is 23.6. The topological polar surface area (TPSA) is 131 Å². The highest BCUT2D eigenvalue weighted by Crippen LogP contribution is 2.30. The van der Waals surface area contributed by atoms with Crippen LogP contribution in [0.5, 0.6) is 11.5 Å². The summed E-state index contributed by atoms with van der Waals surface area (Å²) in [6.07, 6.45) is 5.42. The van der Waals surface area contributed by atoms with E-state index in [1.165, 1.54) is 6.07 Å². The van der Waals surface area contributed by atoms with Gasteiger partial charge in [-0.1, -0.05) is 59.4 Å². The van der Waals surface area contributed by atoms with E-state index < -0.39 is 30.1 Å². The van der Waals surface area contributed by atoms with Gasteiger partial charge in [0.05, 0.1) is 0 Å². The molecule has 0 bridgehead atoms. The number of carbonyl (C=O) groups excluding carboxylic acids is 4. The minimum Gasteiger partial charge on any atom is -0.462 e. The molecule has 2 atom stereocenters. The first-order valence-electron chi connectivity index (χ1n) is 13.7. The van der Waals surface area contributed by atoms with E-state index in [-0.39, 0.29) is 55.7 Å². The van der Waals surface area contributed by atoms with Crippen LogP contribution in [0.3, 0.4) is 0 Å². The smallest absolute Gasteiger partial charge is 0.323 e. The molecule has 2 N–H and O–H groups in total. The molecule has 0 aliphatic heterocycles. The molecule has 0 aliphatic carbocycles. The summed E-state index contributed by atoms with van der Waals surface area (Å²) in [7, 11) is 0. The fourth-order valence-corrected chi connectivity index (χ4v) is 3.49. The Balaban J connectivity index is 2.83. The van der Waals surface area contributed by atoms with Crippen LogP contribution in [0.4, 0.5) is 0 Å². The minimum absolute atomic E-state index is 0.0551. The van der Waals surface area contributed by atoms with E-state index in [2.05, 4.69) is 0 Å².